The summed E-state index contributed by atoms with van der Waals surface area (Å²) in [7, 11) is 2.25. The fraction of sp³-hybridized carbons (Fsp3) is 1.00. The highest BCUT2D eigenvalue weighted by Crippen LogP contribution is 2.15. The minimum Gasteiger partial charge on any atom is -0.376 e. The second kappa shape index (κ2) is 9.88. The maximum Gasteiger partial charge on any atom is 0.518 e. The normalized spacial score (nSPS) is 15.7. The topological polar surface area (TPSA) is 65.7 Å². The third-order valence-electron chi connectivity index (χ3n) is 3.22. The first-order valence-corrected chi connectivity index (χ1v) is 8.57. The highest BCUT2D eigenvalue weighted by Gasteiger charge is 2.46. The molecule has 0 radical (unpaired) electrons. The van der Waals surface area contributed by atoms with Crippen LogP contribution in [0.15, 0.2) is 0 Å². The molecule has 0 aromatic rings. The molecular formula is C12H30N2O3Si. The largest absolute Gasteiger partial charge is 0.518 e. The summed E-state index contributed by atoms with van der Waals surface area (Å²) >= 11 is 0. The first kappa shape index (κ1) is 18.0. The predicted octanol–water partition coefficient (Wildman–Crippen LogP) is 1.64. The summed E-state index contributed by atoms with van der Waals surface area (Å²) < 4.78 is 16.5. The second-order valence-corrected chi connectivity index (χ2v) is 7.57. The van der Waals surface area contributed by atoms with Gasteiger partial charge in [0, 0.05) is 21.3 Å². The fourth-order valence-corrected chi connectivity index (χ4v) is 4.37. The van der Waals surface area contributed by atoms with Gasteiger partial charge in [0.25, 0.3) is 0 Å². The molecule has 110 valence electrons. The fourth-order valence-electron chi connectivity index (χ4n) is 2.10. The van der Waals surface area contributed by atoms with Gasteiger partial charge in [0.1, 0.15) is 0 Å². The van der Waals surface area contributed by atoms with E-state index in [0.29, 0.717) is 0 Å². The molecule has 0 rings (SSSR count). The van der Waals surface area contributed by atoms with Crippen molar-refractivity contribution in [3.63, 3.8) is 0 Å². The van der Waals surface area contributed by atoms with Gasteiger partial charge in [0.15, 0.2) is 0 Å². The number of nitrogens with two attached hydrogens (primary N) is 1. The Labute approximate surface area is 113 Å². The van der Waals surface area contributed by atoms with Crippen molar-refractivity contribution in [2.75, 3.05) is 21.3 Å². The highest BCUT2D eigenvalue weighted by molar-refractivity contribution is 6.62. The summed E-state index contributed by atoms with van der Waals surface area (Å²) in [6, 6.07) is 0. The van der Waals surface area contributed by atoms with Crippen molar-refractivity contribution in [2.45, 2.75) is 57.8 Å². The quantitative estimate of drug-likeness (QED) is 0.342. The lowest BCUT2D eigenvalue weighted by atomic mass is 10.2. The Morgan fingerprint density at radius 1 is 1.06 bits per heavy atom. The number of rotatable bonds is 11. The van der Waals surface area contributed by atoms with Gasteiger partial charge in [-0.15, -0.1) is 0 Å². The van der Waals surface area contributed by atoms with Crippen LogP contribution in [0.3, 0.4) is 0 Å². The van der Waals surface area contributed by atoms with Gasteiger partial charge in [-0.05, 0) is 12.8 Å². The molecule has 3 N–H and O–H groups in total. The number of hydrogen-bond donors (Lipinski definition) is 2. The molecule has 0 aliphatic heterocycles. The standard InChI is InChI=1S/C12H30N2O3Si/c1-6-8-9-10-11(13)14-12(7-2)18(15-3,16-4)17-5/h11-12,14H,6-10,13H2,1-5H3. The van der Waals surface area contributed by atoms with Crippen molar-refractivity contribution in [2.24, 2.45) is 5.73 Å². The summed E-state index contributed by atoms with van der Waals surface area (Å²) in [5.41, 5.74) is 6.13. The van der Waals surface area contributed by atoms with Gasteiger partial charge in [-0.25, -0.2) is 0 Å². The maximum absolute atomic E-state index is 6.10. The summed E-state index contributed by atoms with van der Waals surface area (Å²) in [5, 5.41) is 3.38. The second-order valence-electron chi connectivity index (χ2n) is 4.45. The van der Waals surface area contributed by atoms with E-state index < -0.39 is 8.80 Å². The first-order valence-electron chi connectivity index (χ1n) is 6.77. The van der Waals surface area contributed by atoms with E-state index in [-0.39, 0.29) is 11.8 Å². The molecule has 0 saturated heterocycles. The lowest BCUT2D eigenvalue weighted by molar-refractivity contribution is 0.104. The zero-order valence-electron chi connectivity index (χ0n) is 12.5. The zero-order chi connectivity index (χ0) is 14.0. The summed E-state index contributed by atoms with van der Waals surface area (Å²) in [4.78, 5) is 0. The van der Waals surface area contributed by atoms with E-state index in [1.54, 1.807) is 21.3 Å². The van der Waals surface area contributed by atoms with Crippen LogP contribution < -0.4 is 11.1 Å². The number of hydrogen-bond acceptors (Lipinski definition) is 5. The predicted molar refractivity (Wildman–Crippen MR) is 76.1 cm³/mol. The van der Waals surface area contributed by atoms with Crippen molar-refractivity contribution in [3.05, 3.63) is 0 Å². The third kappa shape index (κ3) is 5.34. The highest BCUT2D eigenvalue weighted by atomic mass is 28.4. The molecule has 18 heavy (non-hydrogen) atoms. The van der Waals surface area contributed by atoms with Crippen LogP contribution in [0.5, 0.6) is 0 Å². The molecule has 0 saturated carbocycles. The van der Waals surface area contributed by atoms with Crippen molar-refractivity contribution in [1.82, 2.24) is 5.32 Å². The van der Waals surface area contributed by atoms with Gasteiger partial charge in [-0.2, -0.15) is 0 Å². The van der Waals surface area contributed by atoms with Crippen molar-refractivity contribution < 1.29 is 13.3 Å². The van der Waals surface area contributed by atoms with E-state index in [1.807, 2.05) is 0 Å². The molecule has 0 spiro atoms. The Balaban J connectivity index is 4.38. The van der Waals surface area contributed by atoms with E-state index >= 15 is 0 Å². The molecule has 0 aromatic heterocycles. The molecule has 0 aliphatic carbocycles. The summed E-state index contributed by atoms with van der Waals surface area (Å²) in [5.74, 6) is 0. The minimum atomic E-state index is -2.65. The van der Waals surface area contributed by atoms with Crippen LogP contribution >= 0.6 is 0 Å². The van der Waals surface area contributed by atoms with Gasteiger partial charge in [-0.3, -0.25) is 5.32 Å². The Morgan fingerprint density at radius 3 is 2.00 bits per heavy atom. The van der Waals surface area contributed by atoms with Gasteiger partial charge in [-0.1, -0.05) is 33.1 Å². The maximum atomic E-state index is 6.10. The van der Waals surface area contributed by atoms with E-state index in [2.05, 4.69) is 19.2 Å². The van der Waals surface area contributed by atoms with Gasteiger partial charge < -0.3 is 19.0 Å². The van der Waals surface area contributed by atoms with Crippen LogP contribution in [-0.4, -0.2) is 42.0 Å². The van der Waals surface area contributed by atoms with Crippen LogP contribution in [-0.2, 0) is 13.3 Å². The molecule has 0 heterocycles. The van der Waals surface area contributed by atoms with Crippen LogP contribution in [0.1, 0.15) is 46.0 Å². The first-order chi connectivity index (χ1) is 8.60. The Morgan fingerprint density at radius 2 is 1.61 bits per heavy atom. The molecule has 2 atom stereocenters. The molecule has 0 aromatic carbocycles. The van der Waals surface area contributed by atoms with E-state index in [1.165, 1.54) is 12.8 Å². The molecule has 2 unspecified atom stereocenters. The molecule has 0 amide bonds. The van der Waals surface area contributed by atoms with Crippen LogP contribution in [0.4, 0.5) is 0 Å². The number of nitrogens with one attached hydrogen (secondary N) is 1. The molecule has 6 heteroatoms. The summed E-state index contributed by atoms with van der Waals surface area (Å²) in [6.07, 6.45) is 5.36. The molecular weight excluding hydrogens is 248 g/mol. The van der Waals surface area contributed by atoms with E-state index in [4.69, 9.17) is 19.0 Å². The number of unbranched alkanes of at least 4 members (excludes halogenated alkanes) is 2. The average molecular weight is 278 g/mol. The summed E-state index contributed by atoms with van der Waals surface area (Å²) in [6.45, 7) is 4.27. The molecule has 0 bridgehead atoms. The van der Waals surface area contributed by atoms with Gasteiger partial charge >= 0.3 is 8.80 Å². The zero-order valence-corrected chi connectivity index (χ0v) is 13.5. The van der Waals surface area contributed by atoms with Crippen molar-refractivity contribution in [3.8, 4) is 0 Å². The Hall–Kier alpha value is 0.0169. The smallest absolute Gasteiger partial charge is 0.376 e. The van der Waals surface area contributed by atoms with E-state index in [9.17, 15) is 0 Å². The third-order valence-corrected chi connectivity index (χ3v) is 6.36. The van der Waals surface area contributed by atoms with E-state index in [0.717, 1.165) is 19.3 Å². The van der Waals surface area contributed by atoms with Crippen LogP contribution in [0.2, 0.25) is 0 Å². The average Bonchev–Trinajstić information content (AvgIpc) is 2.40. The Kier molecular flexibility index (Phi) is 9.89. The van der Waals surface area contributed by atoms with Gasteiger partial charge in [0.2, 0.25) is 0 Å². The lowest BCUT2D eigenvalue weighted by Crippen LogP contribution is -2.63. The minimum absolute atomic E-state index is 0.0335. The Bertz CT molecular complexity index is 195. The van der Waals surface area contributed by atoms with Crippen LogP contribution in [0.25, 0.3) is 0 Å². The van der Waals surface area contributed by atoms with Crippen LogP contribution in [0, 0.1) is 0 Å². The molecule has 0 aliphatic rings. The van der Waals surface area contributed by atoms with Crippen molar-refractivity contribution >= 4 is 8.80 Å². The van der Waals surface area contributed by atoms with Crippen molar-refractivity contribution in [1.29, 1.82) is 0 Å². The monoisotopic (exact) mass is 278 g/mol. The SMILES string of the molecule is CCCCCC(N)NC(CC)[Si](OC)(OC)OC. The van der Waals surface area contributed by atoms with Gasteiger partial charge in [0.05, 0.1) is 11.8 Å². The molecule has 5 nitrogen and oxygen atoms in total. The molecule has 0 fully saturated rings. The lowest BCUT2D eigenvalue weighted by Gasteiger charge is -2.34.